The van der Waals surface area contributed by atoms with Crippen LogP contribution in [0, 0.1) is 0 Å². The van der Waals surface area contributed by atoms with Gasteiger partial charge in [0.15, 0.2) is 0 Å². The van der Waals surface area contributed by atoms with Crippen LogP contribution in [0.1, 0.15) is 51.5 Å². The molecule has 1 aromatic carbocycles. The highest BCUT2D eigenvalue weighted by Crippen LogP contribution is 2.31. The van der Waals surface area contributed by atoms with Crippen LogP contribution in [0.2, 0.25) is 0 Å². The van der Waals surface area contributed by atoms with Gasteiger partial charge in [-0.05, 0) is 63.0 Å². The van der Waals surface area contributed by atoms with Gasteiger partial charge in [0.2, 0.25) is 5.91 Å². The molecule has 1 saturated heterocycles. The first-order chi connectivity index (χ1) is 11.2. The summed E-state index contributed by atoms with van der Waals surface area (Å²) in [6.07, 6.45) is 6.83. The second-order valence-corrected chi connectivity index (χ2v) is 6.85. The summed E-state index contributed by atoms with van der Waals surface area (Å²) in [5, 5.41) is 3.13. The molecule has 1 fully saturated rings. The number of piperidine rings is 1. The molecule has 0 aliphatic carbocycles. The van der Waals surface area contributed by atoms with Crippen molar-refractivity contribution in [3.63, 3.8) is 0 Å². The first-order valence-electron chi connectivity index (χ1n) is 9.02. The Hall–Kier alpha value is -1.55. The molecule has 2 heterocycles. The van der Waals surface area contributed by atoms with Crippen LogP contribution in [-0.4, -0.2) is 36.0 Å². The number of benzene rings is 1. The van der Waals surface area contributed by atoms with Crippen molar-refractivity contribution < 1.29 is 9.53 Å². The van der Waals surface area contributed by atoms with E-state index in [1.54, 1.807) is 0 Å². The molecule has 0 bridgehead atoms. The molecule has 4 nitrogen and oxygen atoms in total. The maximum Gasteiger partial charge on any atom is 0.241 e. The normalized spacial score (nSPS) is 24.1. The number of likely N-dealkylation sites (tertiary alicyclic amines) is 1. The Bertz CT molecular complexity index is 558. The van der Waals surface area contributed by atoms with Gasteiger partial charge in [-0.25, -0.2) is 0 Å². The van der Waals surface area contributed by atoms with Crippen LogP contribution in [0.4, 0.5) is 5.69 Å². The molecule has 0 radical (unpaired) electrons. The minimum atomic E-state index is 0.0266. The number of hydrogen-bond acceptors (Lipinski definition) is 3. The molecule has 126 valence electrons. The van der Waals surface area contributed by atoms with E-state index in [1.807, 2.05) is 12.1 Å². The second-order valence-electron chi connectivity index (χ2n) is 6.85. The predicted octanol–water partition coefficient (Wildman–Crippen LogP) is 3.60. The summed E-state index contributed by atoms with van der Waals surface area (Å²) in [6.45, 7) is 6.36. The average Bonchev–Trinajstić information content (AvgIpc) is 2.92. The Morgan fingerprint density at radius 2 is 2.26 bits per heavy atom. The van der Waals surface area contributed by atoms with Crippen LogP contribution in [0.25, 0.3) is 0 Å². The van der Waals surface area contributed by atoms with Crippen LogP contribution in [-0.2, 0) is 11.2 Å². The zero-order valence-corrected chi connectivity index (χ0v) is 14.3. The van der Waals surface area contributed by atoms with Gasteiger partial charge in [-0.3, -0.25) is 9.69 Å². The molecular weight excluding hydrogens is 288 g/mol. The molecule has 3 rings (SSSR count). The van der Waals surface area contributed by atoms with Crippen LogP contribution < -0.4 is 10.1 Å². The van der Waals surface area contributed by atoms with Crippen molar-refractivity contribution in [2.75, 3.05) is 18.4 Å². The predicted molar refractivity (Wildman–Crippen MR) is 93.0 cm³/mol. The SMILES string of the molecule is CCCCN1CCCC[C@H]1C(=O)Nc1ccc2c(c1)C[C@@H](C)O2. The molecule has 0 aromatic heterocycles. The first-order valence-corrected chi connectivity index (χ1v) is 9.02. The number of hydrogen-bond donors (Lipinski definition) is 1. The average molecular weight is 316 g/mol. The molecule has 2 aliphatic heterocycles. The number of amides is 1. The van der Waals surface area contributed by atoms with E-state index in [2.05, 4.69) is 30.1 Å². The third-order valence-electron chi connectivity index (χ3n) is 4.88. The summed E-state index contributed by atoms with van der Waals surface area (Å²) in [6, 6.07) is 6.02. The van der Waals surface area contributed by atoms with Gasteiger partial charge in [0.05, 0.1) is 6.04 Å². The van der Waals surface area contributed by atoms with Gasteiger partial charge >= 0.3 is 0 Å². The summed E-state index contributed by atoms with van der Waals surface area (Å²) >= 11 is 0. The lowest BCUT2D eigenvalue weighted by atomic mass is 10.0. The lowest BCUT2D eigenvalue weighted by Crippen LogP contribution is -2.47. The van der Waals surface area contributed by atoms with Crippen molar-refractivity contribution in [3.05, 3.63) is 23.8 Å². The molecular formula is C19H28N2O2. The fraction of sp³-hybridized carbons (Fsp3) is 0.632. The lowest BCUT2D eigenvalue weighted by molar-refractivity contribution is -0.122. The van der Waals surface area contributed by atoms with Gasteiger partial charge in [0.25, 0.3) is 0 Å². The number of nitrogens with zero attached hydrogens (tertiary/aromatic N) is 1. The maximum absolute atomic E-state index is 12.7. The van der Waals surface area contributed by atoms with Gasteiger partial charge in [0.1, 0.15) is 11.9 Å². The summed E-state index contributed by atoms with van der Waals surface area (Å²) < 4.78 is 5.72. The molecule has 2 aliphatic rings. The number of anilines is 1. The molecule has 4 heteroatoms. The van der Waals surface area contributed by atoms with Crippen LogP contribution >= 0.6 is 0 Å². The quantitative estimate of drug-likeness (QED) is 0.902. The zero-order valence-electron chi connectivity index (χ0n) is 14.3. The van der Waals surface area contributed by atoms with Crippen LogP contribution in [0.15, 0.2) is 18.2 Å². The van der Waals surface area contributed by atoms with E-state index in [9.17, 15) is 4.79 Å². The fourth-order valence-electron chi connectivity index (χ4n) is 3.64. The molecule has 1 amide bonds. The van der Waals surface area contributed by atoms with E-state index in [0.29, 0.717) is 0 Å². The third kappa shape index (κ3) is 3.86. The number of fused-ring (bicyclic) bond motifs is 1. The third-order valence-corrected chi connectivity index (χ3v) is 4.88. The number of nitrogens with one attached hydrogen (secondary N) is 1. The molecule has 0 spiro atoms. The van der Waals surface area contributed by atoms with E-state index in [-0.39, 0.29) is 18.1 Å². The van der Waals surface area contributed by atoms with E-state index in [0.717, 1.165) is 50.2 Å². The minimum Gasteiger partial charge on any atom is -0.490 e. The largest absolute Gasteiger partial charge is 0.490 e. The molecule has 1 N–H and O–H groups in total. The van der Waals surface area contributed by atoms with Crippen LogP contribution in [0.5, 0.6) is 5.75 Å². The van der Waals surface area contributed by atoms with Gasteiger partial charge in [-0.15, -0.1) is 0 Å². The molecule has 2 atom stereocenters. The van der Waals surface area contributed by atoms with Crippen LogP contribution in [0.3, 0.4) is 0 Å². The van der Waals surface area contributed by atoms with Gasteiger partial charge in [-0.1, -0.05) is 19.8 Å². The standard InChI is InChI=1S/C19H28N2O2/c1-3-4-10-21-11-6-5-7-17(21)19(22)20-16-8-9-18-15(13-16)12-14(2)23-18/h8-9,13-14,17H,3-7,10-12H2,1-2H3,(H,20,22)/t14-,17+/m1/s1. The Labute approximate surface area is 139 Å². The van der Waals surface area contributed by atoms with E-state index >= 15 is 0 Å². The molecule has 1 aromatic rings. The Morgan fingerprint density at radius 3 is 3.09 bits per heavy atom. The van der Waals surface area contributed by atoms with Crippen molar-refractivity contribution in [2.45, 2.75) is 64.5 Å². The highest BCUT2D eigenvalue weighted by molar-refractivity contribution is 5.95. The number of rotatable bonds is 5. The minimum absolute atomic E-state index is 0.0266. The highest BCUT2D eigenvalue weighted by atomic mass is 16.5. The lowest BCUT2D eigenvalue weighted by Gasteiger charge is -2.34. The van der Waals surface area contributed by atoms with Crippen molar-refractivity contribution in [2.24, 2.45) is 0 Å². The maximum atomic E-state index is 12.7. The number of ether oxygens (including phenoxy) is 1. The molecule has 0 unspecified atom stereocenters. The number of carbonyl (C=O) groups is 1. The molecule has 23 heavy (non-hydrogen) atoms. The van der Waals surface area contributed by atoms with Gasteiger partial charge < -0.3 is 10.1 Å². The molecule has 0 saturated carbocycles. The van der Waals surface area contributed by atoms with E-state index in [1.165, 1.54) is 18.4 Å². The summed E-state index contributed by atoms with van der Waals surface area (Å²) in [4.78, 5) is 15.1. The van der Waals surface area contributed by atoms with E-state index < -0.39 is 0 Å². The fourth-order valence-corrected chi connectivity index (χ4v) is 3.64. The van der Waals surface area contributed by atoms with Crippen molar-refractivity contribution in [1.29, 1.82) is 0 Å². The smallest absolute Gasteiger partial charge is 0.241 e. The monoisotopic (exact) mass is 316 g/mol. The Kier molecular flexibility index (Phi) is 5.21. The van der Waals surface area contributed by atoms with Crippen molar-refractivity contribution in [3.8, 4) is 5.75 Å². The van der Waals surface area contributed by atoms with Gasteiger partial charge in [-0.2, -0.15) is 0 Å². The first kappa shape index (κ1) is 16.3. The Morgan fingerprint density at radius 1 is 1.39 bits per heavy atom. The Balaban J connectivity index is 1.65. The topological polar surface area (TPSA) is 41.6 Å². The number of carbonyl (C=O) groups excluding carboxylic acids is 1. The zero-order chi connectivity index (χ0) is 16.2. The summed E-state index contributed by atoms with van der Waals surface area (Å²) in [5.74, 6) is 1.10. The van der Waals surface area contributed by atoms with Crippen molar-refractivity contribution in [1.82, 2.24) is 4.90 Å². The number of unbranched alkanes of at least 4 members (excludes halogenated alkanes) is 1. The second kappa shape index (κ2) is 7.35. The van der Waals surface area contributed by atoms with Gasteiger partial charge in [0, 0.05) is 12.1 Å². The highest BCUT2D eigenvalue weighted by Gasteiger charge is 2.28. The van der Waals surface area contributed by atoms with Crippen molar-refractivity contribution >= 4 is 11.6 Å². The summed E-state index contributed by atoms with van der Waals surface area (Å²) in [7, 11) is 0. The van der Waals surface area contributed by atoms with E-state index in [4.69, 9.17) is 4.74 Å². The summed E-state index contributed by atoms with van der Waals surface area (Å²) in [5.41, 5.74) is 2.09.